The number of hydrogen-bond donors (Lipinski definition) is 0. The molecule has 0 N–H and O–H groups in total. The number of amides is 1. The topological polar surface area (TPSA) is 68.7 Å². The number of rotatable bonds is 3. The zero-order chi connectivity index (χ0) is 17.2. The molecule has 1 aromatic heterocycles. The van der Waals surface area contributed by atoms with Gasteiger partial charge in [-0.3, -0.25) is 14.6 Å². The molecule has 6 heteroatoms. The molecule has 0 aliphatic carbocycles. The Balaban J connectivity index is 1.49. The molecule has 0 radical (unpaired) electrons. The Morgan fingerprint density at radius 2 is 2.00 bits per heavy atom. The number of aromatic nitrogens is 1. The van der Waals surface area contributed by atoms with Crippen molar-refractivity contribution in [2.75, 3.05) is 19.9 Å². The Morgan fingerprint density at radius 1 is 1.12 bits per heavy atom. The summed E-state index contributed by atoms with van der Waals surface area (Å²) < 4.78 is 10.6. The van der Waals surface area contributed by atoms with Crippen molar-refractivity contribution in [1.29, 1.82) is 0 Å². The lowest BCUT2D eigenvalue weighted by Crippen LogP contribution is -2.42. The molecule has 1 saturated heterocycles. The summed E-state index contributed by atoms with van der Waals surface area (Å²) in [6.45, 7) is 1.25. The number of ketones is 1. The van der Waals surface area contributed by atoms with Gasteiger partial charge in [-0.2, -0.15) is 0 Å². The predicted molar refractivity (Wildman–Crippen MR) is 89.8 cm³/mol. The van der Waals surface area contributed by atoms with Crippen molar-refractivity contribution in [3.05, 3.63) is 53.9 Å². The van der Waals surface area contributed by atoms with Crippen molar-refractivity contribution in [1.82, 2.24) is 9.88 Å². The summed E-state index contributed by atoms with van der Waals surface area (Å²) in [7, 11) is 0. The third-order valence-corrected chi connectivity index (χ3v) is 4.62. The summed E-state index contributed by atoms with van der Waals surface area (Å²) >= 11 is 0. The molecule has 0 unspecified atom stereocenters. The van der Waals surface area contributed by atoms with E-state index in [4.69, 9.17) is 9.47 Å². The second-order valence-electron chi connectivity index (χ2n) is 6.24. The molecule has 3 heterocycles. The first kappa shape index (κ1) is 15.6. The second-order valence-corrected chi connectivity index (χ2v) is 6.24. The Hall–Kier alpha value is -2.89. The van der Waals surface area contributed by atoms with E-state index in [-0.39, 0.29) is 24.4 Å². The third kappa shape index (κ3) is 3.07. The first-order valence-corrected chi connectivity index (χ1v) is 8.36. The van der Waals surface area contributed by atoms with Gasteiger partial charge < -0.3 is 14.4 Å². The van der Waals surface area contributed by atoms with E-state index in [1.165, 1.54) is 0 Å². The van der Waals surface area contributed by atoms with Crippen LogP contribution in [0.3, 0.4) is 0 Å². The van der Waals surface area contributed by atoms with Crippen LogP contribution in [0.2, 0.25) is 0 Å². The smallest absolute Gasteiger partial charge is 0.254 e. The van der Waals surface area contributed by atoms with Crippen LogP contribution >= 0.6 is 0 Å². The molecule has 1 amide bonds. The third-order valence-electron chi connectivity index (χ3n) is 4.62. The number of carbonyl (C=O) groups is 2. The minimum atomic E-state index is -0.207. The molecular weight excluding hydrogens is 320 g/mol. The number of piperidine rings is 1. The minimum Gasteiger partial charge on any atom is -0.454 e. The Kier molecular flexibility index (Phi) is 4.09. The first-order valence-electron chi connectivity index (χ1n) is 8.36. The van der Waals surface area contributed by atoms with Crippen LogP contribution in [0, 0.1) is 5.92 Å². The van der Waals surface area contributed by atoms with Gasteiger partial charge in [-0.05, 0) is 43.2 Å². The van der Waals surface area contributed by atoms with Crippen molar-refractivity contribution in [2.45, 2.75) is 12.8 Å². The van der Waals surface area contributed by atoms with Crippen molar-refractivity contribution in [3.63, 3.8) is 0 Å². The maximum Gasteiger partial charge on any atom is 0.254 e. The lowest BCUT2D eigenvalue weighted by atomic mass is 9.91. The number of ether oxygens (including phenoxy) is 2. The Bertz CT molecular complexity index is 806. The number of hydrogen-bond acceptors (Lipinski definition) is 5. The largest absolute Gasteiger partial charge is 0.454 e. The van der Waals surface area contributed by atoms with Crippen molar-refractivity contribution in [2.24, 2.45) is 5.92 Å². The maximum atomic E-state index is 12.8. The SMILES string of the molecule is O=C(c1ccccn1)[C@H]1CCCN(C(=O)c2ccc3c(c2)OCO3)C1. The number of fused-ring (bicyclic) bond motifs is 1. The average Bonchev–Trinajstić information content (AvgIpc) is 3.15. The van der Waals surface area contributed by atoms with Gasteiger partial charge in [0.15, 0.2) is 17.3 Å². The normalized spacial score (nSPS) is 18.9. The van der Waals surface area contributed by atoms with Gasteiger partial charge in [0, 0.05) is 30.8 Å². The molecule has 1 fully saturated rings. The molecule has 2 aliphatic rings. The second kappa shape index (κ2) is 6.55. The lowest BCUT2D eigenvalue weighted by molar-refractivity contribution is 0.0635. The van der Waals surface area contributed by atoms with E-state index in [1.807, 2.05) is 0 Å². The van der Waals surface area contributed by atoms with Crippen molar-refractivity contribution in [3.8, 4) is 11.5 Å². The van der Waals surface area contributed by atoms with Crippen LogP contribution in [-0.4, -0.2) is 41.5 Å². The molecule has 1 aromatic carbocycles. The van der Waals surface area contributed by atoms with Crippen LogP contribution in [-0.2, 0) is 0 Å². The van der Waals surface area contributed by atoms with Crippen molar-refractivity contribution >= 4 is 11.7 Å². The van der Waals surface area contributed by atoms with Crippen molar-refractivity contribution < 1.29 is 19.1 Å². The van der Waals surface area contributed by atoms with E-state index < -0.39 is 0 Å². The molecule has 2 aliphatic heterocycles. The summed E-state index contributed by atoms with van der Waals surface area (Å²) in [6, 6.07) is 10.5. The van der Waals surface area contributed by atoms with Gasteiger partial charge in [0.25, 0.3) is 5.91 Å². The van der Waals surface area contributed by atoms with Crippen LogP contribution in [0.5, 0.6) is 11.5 Å². The van der Waals surface area contributed by atoms with E-state index in [0.29, 0.717) is 35.8 Å². The molecule has 25 heavy (non-hydrogen) atoms. The molecule has 128 valence electrons. The minimum absolute atomic E-state index is 0.00351. The fourth-order valence-corrected chi connectivity index (χ4v) is 3.31. The highest BCUT2D eigenvalue weighted by atomic mass is 16.7. The monoisotopic (exact) mass is 338 g/mol. The Morgan fingerprint density at radius 3 is 2.84 bits per heavy atom. The van der Waals surface area contributed by atoms with Gasteiger partial charge in [-0.1, -0.05) is 6.07 Å². The summed E-state index contributed by atoms with van der Waals surface area (Å²) in [4.78, 5) is 31.3. The van der Waals surface area contributed by atoms with Gasteiger partial charge in [-0.15, -0.1) is 0 Å². The van der Waals surface area contributed by atoms with Crippen LogP contribution in [0.25, 0.3) is 0 Å². The van der Waals surface area contributed by atoms with Crippen LogP contribution < -0.4 is 9.47 Å². The summed E-state index contributed by atoms with van der Waals surface area (Å²) in [5.74, 6) is 0.949. The van der Waals surface area contributed by atoms with Crippen LogP contribution in [0.4, 0.5) is 0 Å². The molecule has 0 bridgehead atoms. The highest BCUT2D eigenvalue weighted by molar-refractivity contribution is 5.98. The molecule has 4 rings (SSSR count). The summed E-state index contributed by atoms with van der Waals surface area (Å²) in [6.07, 6.45) is 3.20. The number of pyridine rings is 1. The fourth-order valence-electron chi connectivity index (χ4n) is 3.31. The number of benzene rings is 1. The zero-order valence-corrected chi connectivity index (χ0v) is 13.7. The summed E-state index contributed by atoms with van der Waals surface area (Å²) in [5.41, 5.74) is 1.01. The summed E-state index contributed by atoms with van der Waals surface area (Å²) in [5, 5.41) is 0. The number of Topliss-reactive ketones (excluding diaryl/α,β-unsaturated/α-hetero) is 1. The molecule has 2 aromatic rings. The molecule has 0 saturated carbocycles. The van der Waals surface area contributed by atoms with Crippen LogP contribution in [0.1, 0.15) is 33.7 Å². The quantitative estimate of drug-likeness (QED) is 0.805. The predicted octanol–water partition coefficient (Wildman–Crippen LogP) is 2.55. The van der Waals surface area contributed by atoms with Gasteiger partial charge in [0.1, 0.15) is 5.69 Å². The lowest BCUT2D eigenvalue weighted by Gasteiger charge is -2.32. The van der Waals surface area contributed by atoms with E-state index in [0.717, 1.165) is 12.8 Å². The number of nitrogens with zero attached hydrogens (tertiary/aromatic N) is 2. The van der Waals surface area contributed by atoms with Gasteiger partial charge >= 0.3 is 0 Å². The standard InChI is InChI=1S/C19H18N2O4/c22-18(15-5-1-2-8-20-15)14-4-3-9-21(11-14)19(23)13-6-7-16-17(10-13)25-12-24-16/h1-2,5-8,10,14H,3-4,9,11-12H2/t14-/m0/s1. The van der Waals surface area contributed by atoms with E-state index in [2.05, 4.69) is 4.98 Å². The number of likely N-dealkylation sites (tertiary alicyclic amines) is 1. The highest BCUT2D eigenvalue weighted by Crippen LogP contribution is 2.33. The van der Waals surface area contributed by atoms with E-state index in [1.54, 1.807) is 47.5 Å². The Labute approximate surface area is 145 Å². The average molecular weight is 338 g/mol. The van der Waals surface area contributed by atoms with E-state index >= 15 is 0 Å². The van der Waals surface area contributed by atoms with E-state index in [9.17, 15) is 9.59 Å². The molecule has 1 atom stereocenters. The van der Waals surface area contributed by atoms with Gasteiger partial charge in [0.2, 0.25) is 6.79 Å². The highest BCUT2D eigenvalue weighted by Gasteiger charge is 2.30. The van der Waals surface area contributed by atoms with Crippen LogP contribution in [0.15, 0.2) is 42.6 Å². The van der Waals surface area contributed by atoms with Gasteiger partial charge in [0.05, 0.1) is 0 Å². The zero-order valence-electron chi connectivity index (χ0n) is 13.7. The molecular formula is C19H18N2O4. The number of carbonyl (C=O) groups excluding carboxylic acids is 2. The maximum absolute atomic E-state index is 12.8. The van der Waals surface area contributed by atoms with Gasteiger partial charge in [-0.25, -0.2) is 0 Å². The fraction of sp³-hybridized carbons (Fsp3) is 0.316. The molecule has 0 spiro atoms. The first-order chi connectivity index (χ1) is 12.2. The molecule has 6 nitrogen and oxygen atoms in total.